The van der Waals surface area contributed by atoms with Gasteiger partial charge in [0.1, 0.15) is 5.01 Å². The zero-order valence-electron chi connectivity index (χ0n) is 11.6. The fourth-order valence-corrected chi connectivity index (χ4v) is 3.02. The van der Waals surface area contributed by atoms with E-state index in [0.29, 0.717) is 12.0 Å². The molecule has 0 bridgehead atoms. The van der Waals surface area contributed by atoms with Gasteiger partial charge in [0.05, 0.1) is 16.3 Å². The quantitative estimate of drug-likeness (QED) is 0.763. The van der Waals surface area contributed by atoms with Crippen molar-refractivity contribution >= 4 is 21.6 Å². The van der Waals surface area contributed by atoms with Crippen LogP contribution >= 0.6 is 11.3 Å². The summed E-state index contributed by atoms with van der Waals surface area (Å²) in [5.74, 6) is 0.402. The van der Waals surface area contributed by atoms with Crippen molar-refractivity contribution < 1.29 is 5.11 Å². The number of aliphatic hydroxyl groups is 1. The number of aliphatic hydroxyl groups excluding tert-OH is 1. The molecule has 1 aromatic heterocycles. The van der Waals surface area contributed by atoms with Gasteiger partial charge in [-0.2, -0.15) is 0 Å². The molecule has 1 aromatic carbocycles. The van der Waals surface area contributed by atoms with E-state index in [1.54, 1.807) is 11.3 Å². The van der Waals surface area contributed by atoms with Crippen LogP contribution in [-0.4, -0.2) is 23.2 Å². The highest BCUT2D eigenvalue weighted by Crippen LogP contribution is 2.25. The van der Waals surface area contributed by atoms with E-state index in [2.05, 4.69) is 42.3 Å². The van der Waals surface area contributed by atoms with Crippen LogP contribution in [0.1, 0.15) is 37.7 Å². The van der Waals surface area contributed by atoms with Gasteiger partial charge in [0.25, 0.3) is 0 Å². The highest BCUT2D eigenvalue weighted by molar-refractivity contribution is 7.18. The summed E-state index contributed by atoms with van der Waals surface area (Å²) in [6.45, 7) is 5.50. The molecule has 19 heavy (non-hydrogen) atoms. The SMILES string of the molecule is CC(CO)CCCNC(C)c1nc2ccccc2s1. The first-order valence-electron chi connectivity index (χ1n) is 6.90. The Morgan fingerprint density at radius 2 is 2.11 bits per heavy atom. The molecule has 2 unspecified atom stereocenters. The second-order valence-electron chi connectivity index (χ2n) is 5.13. The first-order valence-corrected chi connectivity index (χ1v) is 7.72. The molecule has 104 valence electrons. The van der Waals surface area contributed by atoms with Crippen LogP contribution in [0.3, 0.4) is 0 Å². The minimum atomic E-state index is 0.285. The Morgan fingerprint density at radius 3 is 2.84 bits per heavy atom. The summed E-state index contributed by atoms with van der Waals surface area (Å²) in [5.41, 5.74) is 1.09. The molecule has 0 radical (unpaired) electrons. The van der Waals surface area contributed by atoms with Crippen LogP contribution < -0.4 is 5.32 Å². The Hall–Kier alpha value is -0.970. The maximum absolute atomic E-state index is 8.97. The van der Waals surface area contributed by atoms with Crippen molar-refractivity contribution in [2.45, 2.75) is 32.7 Å². The van der Waals surface area contributed by atoms with Crippen LogP contribution in [-0.2, 0) is 0 Å². The Bertz CT molecular complexity index is 479. The first-order chi connectivity index (χ1) is 9.20. The first kappa shape index (κ1) is 14.4. The summed E-state index contributed by atoms with van der Waals surface area (Å²) < 4.78 is 1.25. The predicted molar refractivity (Wildman–Crippen MR) is 81.5 cm³/mol. The van der Waals surface area contributed by atoms with Crippen molar-refractivity contribution in [2.24, 2.45) is 5.92 Å². The zero-order chi connectivity index (χ0) is 13.7. The second kappa shape index (κ2) is 6.98. The van der Waals surface area contributed by atoms with Gasteiger partial charge in [0, 0.05) is 6.61 Å². The molecule has 2 rings (SSSR count). The predicted octanol–water partition coefficient (Wildman–Crippen LogP) is 3.36. The fraction of sp³-hybridized carbons (Fsp3) is 0.533. The average Bonchev–Trinajstić information content (AvgIpc) is 2.87. The molecule has 0 aliphatic carbocycles. The Kier molecular flexibility index (Phi) is 5.31. The van der Waals surface area contributed by atoms with Crippen LogP contribution in [0.25, 0.3) is 10.2 Å². The van der Waals surface area contributed by atoms with Gasteiger partial charge in [0.2, 0.25) is 0 Å². The van der Waals surface area contributed by atoms with E-state index in [9.17, 15) is 0 Å². The Labute approximate surface area is 118 Å². The molecular formula is C15H22N2OS. The molecule has 0 spiro atoms. The summed E-state index contributed by atoms with van der Waals surface area (Å²) in [6, 6.07) is 8.55. The monoisotopic (exact) mass is 278 g/mol. The van der Waals surface area contributed by atoms with Gasteiger partial charge in [0.15, 0.2) is 0 Å². The van der Waals surface area contributed by atoms with Crippen molar-refractivity contribution in [3.63, 3.8) is 0 Å². The molecule has 0 fully saturated rings. The molecule has 2 atom stereocenters. The molecule has 1 heterocycles. The van der Waals surface area contributed by atoms with E-state index < -0.39 is 0 Å². The molecule has 0 amide bonds. The molecular weight excluding hydrogens is 256 g/mol. The number of hydrogen-bond donors (Lipinski definition) is 2. The summed E-state index contributed by atoms with van der Waals surface area (Å²) >= 11 is 1.76. The number of nitrogens with one attached hydrogen (secondary N) is 1. The van der Waals surface area contributed by atoms with Gasteiger partial charge >= 0.3 is 0 Å². The number of para-hydroxylation sites is 1. The topological polar surface area (TPSA) is 45.1 Å². The summed E-state index contributed by atoms with van der Waals surface area (Å²) in [7, 11) is 0. The summed E-state index contributed by atoms with van der Waals surface area (Å²) in [5, 5.41) is 13.6. The van der Waals surface area contributed by atoms with Gasteiger partial charge in [-0.05, 0) is 44.4 Å². The van der Waals surface area contributed by atoms with Crippen LogP contribution in [0.15, 0.2) is 24.3 Å². The zero-order valence-corrected chi connectivity index (χ0v) is 12.4. The lowest BCUT2D eigenvalue weighted by atomic mass is 10.1. The third kappa shape index (κ3) is 4.00. The van der Waals surface area contributed by atoms with Crippen molar-refractivity contribution in [1.29, 1.82) is 0 Å². The average molecular weight is 278 g/mol. The summed E-state index contributed by atoms with van der Waals surface area (Å²) in [6.07, 6.45) is 2.16. The number of rotatable bonds is 7. The van der Waals surface area contributed by atoms with Crippen molar-refractivity contribution in [1.82, 2.24) is 10.3 Å². The smallest absolute Gasteiger partial charge is 0.111 e. The standard InChI is InChI=1S/C15H22N2OS/c1-11(10-18)6-5-9-16-12(2)15-17-13-7-3-4-8-14(13)19-15/h3-4,7-8,11-12,16,18H,5-6,9-10H2,1-2H3. The number of nitrogens with zero attached hydrogens (tertiary/aromatic N) is 1. The number of benzene rings is 1. The van der Waals surface area contributed by atoms with Crippen molar-refractivity contribution in [2.75, 3.05) is 13.2 Å². The minimum Gasteiger partial charge on any atom is -0.396 e. The molecule has 0 saturated carbocycles. The third-order valence-corrected chi connectivity index (χ3v) is 4.54. The molecule has 0 aliphatic rings. The molecule has 2 N–H and O–H groups in total. The second-order valence-corrected chi connectivity index (χ2v) is 6.19. The van der Waals surface area contributed by atoms with E-state index in [0.717, 1.165) is 29.9 Å². The Balaban J connectivity index is 1.84. The third-order valence-electron chi connectivity index (χ3n) is 3.32. The molecule has 3 nitrogen and oxygen atoms in total. The number of fused-ring (bicyclic) bond motifs is 1. The van der Waals surface area contributed by atoms with Gasteiger partial charge in [-0.15, -0.1) is 11.3 Å². The maximum atomic E-state index is 8.97. The lowest BCUT2D eigenvalue weighted by Crippen LogP contribution is -2.20. The van der Waals surface area contributed by atoms with E-state index in [-0.39, 0.29) is 6.61 Å². The highest BCUT2D eigenvalue weighted by atomic mass is 32.1. The van der Waals surface area contributed by atoms with Crippen LogP contribution in [0.5, 0.6) is 0 Å². The van der Waals surface area contributed by atoms with E-state index >= 15 is 0 Å². The number of hydrogen-bond acceptors (Lipinski definition) is 4. The largest absolute Gasteiger partial charge is 0.396 e. The number of thiazole rings is 1. The van der Waals surface area contributed by atoms with Gasteiger partial charge in [-0.3, -0.25) is 0 Å². The lowest BCUT2D eigenvalue weighted by molar-refractivity contribution is 0.227. The van der Waals surface area contributed by atoms with Crippen LogP contribution in [0.4, 0.5) is 0 Å². The molecule has 2 aromatic rings. The molecule has 0 saturated heterocycles. The lowest BCUT2D eigenvalue weighted by Gasteiger charge is -2.12. The van der Waals surface area contributed by atoms with Crippen LogP contribution in [0.2, 0.25) is 0 Å². The summed E-state index contributed by atoms with van der Waals surface area (Å²) in [4.78, 5) is 4.66. The van der Waals surface area contributed by atoms with Gasteiger partial charge in [-0.25, -0.2) is 4.98 Å². The van der Waals surface area contributed by atoms with Gasteiger partial charge < -0.3 is 10.4 Å². The number of aromatic nitrogens is 1. The van der Waals surface area contributed by atoms with E-state index in [1.807, 2.05) is 6.07 Å². The molecule has 0 aliphatic heterocycles. The minimum absolute atomic E-state index is 0.285. The normalized spacial score (nSPS) is 14.7. The van der Waals surface area contributed by atoms with Crippen molar-refractivity contribution in [3.8, 4) is 0 Å². The van der Waals surface area contributed by atoms with Crippen molar-refractivity contribution in [3.05, 3.63) is 29.3 Å². The maximum Gasteiger partial charge on any atom is 0.111 e. The highest BCUT2D eigenvalue weighted by Gasteiger charge is 2.10. The molecule has 4 heteroatoms. The fourth-order valence-electron chi connectivity index (χ4n) is 2.02. The Morgan fingerprint density at radius 1 is 1.32 bits per heavy atom. The van der Waals surface area contributed by atoms with E-state index in [1.165, 1.54) is 4.70 Å². The van der Waals surface area contributed by atoms with Crippen LogP contribution in [0, 0.1) is 5.92 Å². The van der Waals surface area contributed by atoms with Gasteiger partial charge in [-0.1, -0.05) is 19.1 Å². The van der Waals surface area contributed by atoms with E-state index in [4.69, 9.17) is 5.11 Å².